The molecule has 2 N–H and O–H groups in total. The fourth-order valence-corrected chi connectivity index (χ4v) is 3.49. The highest BCUT2D eigenvalue weighted by Crippen LogP contribution is 2.32. The van der Waals surface area contributed by atoms with Crippen LogP contribution in [0.15, 0.2) is 36.5 Å². The van der Waals surface area contributed by atoms with Gasteiger partial charge in [-0.05, 0) is 42.2 Å². The van der Waals surface area contributed by atoms with Crippen LogP contribution >= 0.6 is 0 Å². The van der Waals surface area contributed by atoms with E-state index in [2.05, 4.69) is 20.5 Å². The van der Waals surface area contributed by atoms with Gasteiger partial charge in [-0.25, -0.2) is 9.78 Å². The number of urea groups is 1. The Kier molecular flexibility index (Phi) is 5.80. The Bertz CT molecular complexity index is 802. The minimum Gasteiger partial charge on any atom is -0.454 e. The fourth-order valence-electron chi connectivity index (χ4n) is 3.49. The van der Waals surface area contributed by atoms with E-state index in [-0.39, 0.29) is 12.8 Å². The molecule has 0 atom stereocenters. The van der Waals surface area contributed by atoms with Crippen molar-refractivity contribution in [2.75, 3.05) is 24.8 Å². The van der Waals surface area contributed by atoms with Crippen molar-refractivity contribution in [3.8, 4) is 11.5 Å². The van der Waals surface area contributed by atoms with Crippen LogP contribution in [0, 0.1) is 0 Å². The molecule has 4 rings (SSSR count). The lowest BCUT2D eigenvalue weighted by Crippen LogP contribution is -2.34. The Hall–Kier alpha value is -2.96. The first kappa shape index (κ1) is 18.4. The van der Waals surface area contributed by atoms with Gasteiger partial charge in [-0.2, -0.15) is 0 Å². The molecule has 28 heavy (non-hydrogen) atoms. The zero-order valence-corrected chi connectivity index (χ0v) is 15.9. The molecule has 0 unspecified atom stereocenters. The largest absolute Gasteiger partial charge is 0.454 e. The third-order valence-electron chi connectivity index (χ3n) is 5.08. The predicted molar refractivity (Wildman–Crippen MR) is 107 cm³/mol. The number of fused-ring (bicyclic) bond motifs is 1. The third-order valence-corrected chi connectivity index (χ3v) is 5.08. The van der Waals surface area contributed by atoms with Gasteiger partial charge in [0.1, 0.15) is 5.82 Å². The quantitative estimate of drug-likeness (QED) is 0.831. The average Bonchev–Trinajstić information content (AvgIpc) is 3.03. The molecular formula is C21H26N4O3. The smallest absolute Gasteiger partial charge is 0.315 e. The monoisotopic (exact) mass is 382 g/mol. The molecule has 7 nitrogen and oxygen atoms in total. The zero-order valence-electron chi connectivity index (χ0n) is 15.9. The first-order valence-electron chi connectivity index (χ1n) is 9.88. The predicted octanol–water partition coefficient (Wildman–Crippen LogP) is 3.19. The molecule has 2 amide bonds. The maximum absolute atomic E-state index is 12.1. The van der Waals surface area contributed by atoms with Gasteiger partial charge in [0.05, 0.1) is 0 Å². The fraction of sp³-hybridized carbons (Fsp3) is 0.429. The van der Waals surface area contributed by atoms with Gasteiger partial charge in [0.2, 0.25) is 6.79 Å². The first-order chi connectivity index (χ1) is 13.8. The number of hydrogen-bond donors (Lipinski definition) is 2. The summed E-state index contributed by atoms with van der Waals surface area (Å²) in [6.45, 7) is 3.27. The molecule has 1 aromatic carbocycles. The Labute approximate surface area is 165 Å². The minimum atomic E-state index is -0.214. The summed E-state index contributed by atoms with van der Waals surface area (Å²) in [6, 6.07) is 9.52. The van der Waals surface area contributed by atoms with Crippen molar-refractivity contribution in [3.05, 3.63) is 47.7 Å². The van der Waals surface area contributed by atoms with E-state index in [9.17, 15) is 4.79 Å². The molecule has 0 spiro atoms. The number of nitrogens with one attached hydrogen (secondary N) is 2. The number of carbonyl (C=O) groups is 1. The number of amides is 2. The van der Waals surface area contributed by atoms with E-state index in [1.54, 1.807) is 0 Å². The second-order valence-corrected chi connectivity index (χ2v) is 7.15. The van der Waals surface area contributed by atoms with Crippen molar-refractivity contribution in [2.24, 2.45) is 0 Å². The Morgan fingerprint density at radius 1 is 0.929 bits per heavy atom. The molecule has 0 aliphatic carbocycles. The lowest BCUT2D eigenvalue weighted by molar-refractivity contribution is 0.174. The Morgan fingerprint density at radius 3 is 2.39 bits per heavy atom. The highest BCUT2D eigenvalue weighted by Gasteiger charge is 2.14. The number of aromatic nitrogens is 1. The number of pyridine rings is 1. The second-order valence-electron chi connectivity index (χ2n) is 7.15. The molecular weight excluding hydrogens is 356 g/mol. The van der Waals surface area contributed by atoms with Crippen molar-refractivity contribution >= 4 is 11.8 Å². The molecule has 1 fully saturated rings. The van der Waals surface area contributed by atoms with Crippen LogP contribution in [0.25, 0.3) is 0 Å². The first-order valence-corrected chi connectivity index (χ1v) is 9.88. The number of rotatable bonds is 5. The lowest BCUT2D eigenvalue weighted by atomic mass is 10.2. The number of nitrogens with zero attached hydrogens (tertiary/aromatic N) is 2. The standard InChI is InChI=1S/C21H26N4O3/c26-21(23-12-16-5-7-18-19(11-16)28-15-27-18)24-14-17-6-8-20(22-13-17)25-9-3-1-2-4-10-25/h5-8,11,13H,1-4,9-10,12,14-15H2,(H2,23,24,26). The number of hydrogen-bond acceptors (Lipinski definition) is 5. The molecule has 7 heteroatoms. The van der Waals surface area contributed by atoms with Crippen LogP contribution in [-0.4, -0.2) is 30.9 Å². The van der Waals surface area contributed by atoms with E-state index in [1.807, 2.05) is 36.5 Å². The molecule has 0 bridgehead atoms. The van der Waals surface area contributed by atoms with E-state index in [0.29, 0.717) is 13.1 Å². The molecule has 1 saturated heterocycles. The van der Waals surface area contributed by atoms with E-state index < -0.39 is 0 Å². The summed E-state index contributed by atoms with van der Waals surface area (Å²) >= 11 is 0. The summed E-state index contributed by atoms with van der Waals surface area (Å²) in [5.41, 5.74) is 1.94. The molecule has 3 heterocycles. The van der Waals surface area contributed by atoms with Gasteiger partial charge in [0, 0.05) is 32.4 Å². The van der Waals surface area contributed by atoms with Gasteiger partial charge < -0.3 is 25.0 Å². The van der Waals surface area contributed by atoms with Crippen LogP contribution in [0.4, 0.5) is 10.6 Å². The Balaban J connectivity index is 1.23. The summed E-state index contributed by atoms with van der Waals surface area (Å²) in [5, 5.41) is 5.73. The van der Waals surface area contributed by atoms with Crippen molar-refractivity contribution in [1.29, 1.82) is 0 Å². The molecule has 0 saturated carbocycles. The summed E-state index contributed by atoms with van der Waals surface area (Å²) < 4.78 is 10.6. The van der Waals surface area contributed by atoms with Crippen LogP contribution in [0.3, 0.4) is 0 Å². The van der Waals surface area contributed by atoms with Gasteiger partial charge in [-0.15, -0.1) is 0 Å². The maximum Gasteiger partial charge on any atom is 0.315 e. The number of ether oxygens (including phenoxy) is 2. The maximum atomic E-state index is 12.1. The minimum absolute atomic E-state index is 0.214. The lowest BCUT2D eigenvalue weighted by Gasteiger charge is -2.21. The summed E-state index contributed by atoms with van der Waals surface area (Å²) in [5.74, 6) is 2.48. The SMILES string of the molecule is O=C(NCc1ccc(N2CCCCCC2)nc1)NCc1ccc2c(c1)OCO2. The summed E-state index contributed by atoms with van der Waals surface area (Å²) in [7, 11) is 0. The topological polar surface area (TPSA) is 75.7 Å². The molecule has 0 radical (unpaired) electrons. The molecule has 2 aromatic rings. The van der Waals surface area contributed by atoms with Gasteiger partial charge in [0.25, 0.3) is 0 Å². The van der Waals surface area contributed by atoms with Crippen LogP contribution in [0.5, 0.6) is 11.5 Å². The van der Waals surface area contributed by atoms with E-state index in [1.165, 1.54) is 25.7 Å². The van der Waals surface area contributed by atoms with Gasteiger partial charge in [-0.1, -0.05) is 25.0 Å². The second kappa shape index (κ2) is 8.82. The number of benzene rings is 1. The average molecular weight is 382 g/mol. The normalized spacial score (nSPS) is 15.8. The van der Waals surface area contributed by atoms with Gasteiger partial charge in [0.15, 0.2) is 11.5 Å². The van der Waals surface area contributed by atoms with Crippen LogP contribution in [0.2, 0.25) is 0 Å². The van der Waals surface area contributed by atoms with Crippen molar-refractivity contribution in [1.82, 2.24) is 15.6 Å². The van der Waals surface area contributed by atoms with Crippen molar-refractivity contribution in [3.63, 3.8) is 0 Å². The molecule has 1 aromatic heterocycles. The van der Waals surface area contributed by atoms with E-state index >= 15 is 0 Å². The highest BCUT2D eigenvalue weighted by atomic mass is 16.7. The Morgan fingerprint density at radius 2 is 1.64 bits per heavy atom. The molecule has 148 valence electrons. The van der Waals surface area contributed by atoms with Gasteiger partial charge in [-0.3, -0.25) is 0 Å². The highest BCUT2D eigenvalue weighted by molar-refractivity contribution is 5.73. The summed E-state index contributed by atoms with van der Waals surface area (Å²) in [4.78, 5) is 19.0. The zero-order chi connectivity index (χ0) is 19.2. The number of anilines is 1. The van der Waals surface area contributed by atoms with Crippen molar-refractivity contribution in [2.45, 2.75) is 38.8 Å². The number of carbonyl (C=O) groups excluding carboxylic acids is 1. The van der Waals surface area contributed by atoms with Crippen molar-refractivity contribution < 1.29 is 14.3 Å². The molecule has 2 aliphatic rings. The van der Waals surface area contributed by atoms with Crippen LogP contribution in [0.1, 0.15) is 36.8 Å². The van der Waals surface area contributed by atoms with Gasteiger partial charge >= 0.3 is 6.03 Å². The van der Waals surface area contributed by atoms with E-state index in [4.69, 9.17) is 9.47 Å². The van der Waals surface area contributed by atoms with Crippen LogP contribution < -0.4 is 25.0 Å². The molecule has 2 aliphatic heterocycles. The van der Waals surface area contributed by atoms with E-state index in [0.717, 1.165) is 41.5 Å². The van der Waals surface area contributed by atoms with Crippen LogP contribution in [-0.2, 0) is 13.1 Å². The summed E-state index contributed by atoms with van der Waals surface area (Å²) in [6.07, 6.45) is 6.92. The third kappa shape index (κ3) is 4.65.